The molecule has 1 unspecified atom stereocenters. The van der Waals surface area contributed by atoms with Gasteiger partial charge in [-0.2, -0.15) is 4.52 Å². The number of nitrogens with zero attached hydrogens (tertiary/aromatic N) is 4. The fraction of sp³-hybridized carbons (Fsp3) is 0.250. The highest BCUT2D eigenvalue weighted by atomic mass is 32.1. The van der Waals surface area contributed by atoms with Crippen molar-refractivity contribution in [1.29, 1.82) is 0 Å². The molecule has 0 saturated heterocycles. The van der Waals surface area contributed by atoms with E-state index in [4.69, 9.17) is 0 Å². The first-order chi connectivity index (χ1) is 11.6. The molecule has 4 aromatic rings. The second-order valence-electron chi connectivity index (χ2n) is 5.55. The molecule has 0 spiro atoms. The van der Waals surface area contributed by atoms with Crippen molar-refractivity contribution in [3.63, 3.8) is 0 Å². The van der Waals surface area contributed by atoms with E-state index in [0.29, 0.717) is 10.1 Å². The number of rotatable bonds is 4. The molecule has 3 aromatic heterocycles. The predicted octanol–water partition coefficient (Wildman–Crippen LogP) is 2.76. The normalized spacial score (nSPS) is 12.8. The monoisotopic (exact) mass is 340 g/mol. The lowest BCUT2D eigenvalue weighted by Crippen LogP contribution is -2.15. The number of H-pyrrole nitrogens is 1. The summed E-state index contributed by atoms with van der Waals surface area (Å²) in [6.45, 7) is 3.97. The van der Waals surface area contributed by atoms with Crippen molar-refractivity contribution in [1.82, 2.24) is 24.6 Å². The van der Waals surface area contributed by atoms with Crippen molar-refractivity contribution in [3.8, 4) is 0 Å². The Morgan fingerprint density at radius 1 is 1.33 bits per heavy atom. The third kappa shape index (κ3) is 2.54. The lowest BCUT2D eigenvalue weighted by Gasteiger charge is -2.08. The summed E-state index contributed by atoms with van der Waals surface area (Å²) in [7, 11) is 0. The third-order valence-corrected chi connectivity index (χ3v) is 4.66. The van der Waals surface area contributed by atoms with E-state index in [2.05, 4.69) is 25.4 Å². The molecule has 2 N–H and O–H groups in total. The van der Waals surface area contributed by atoms with Gasteiger partial charge in [0.25, 0.3) is 5.56 Å². The highest BCUT2D eigenvalue weighted by Gasteiger charge is 2.14. The van der Waals surface area contributed by atoms with Crippen LogP contribution in [0.15, 0.2) is 35.1 Å². The molecule has 122 valence electrons. The Labute approximate surface area is 141 Å². The van der Waals surface area contributed by atoms with E-state index < -0.39 is 0 Å². The van der Waals surface area contributed by atoms with Gasteiger partial charge in [0.05, 0.1) is 17.1 Å². The molecule has 0 amide bonds. The molecule has 0 aliphatic heterocycles. The number of benzene rings is 1. The predicted molar refractivity (Wildman–Crippen MR) is 94.6 cm³/mol. The Kier molecular flexibility index (Phi) is 3.53. The molecule has 0 bridgehead atoms. The summed E-state index contributed by atoms with van der Waals surface area (Å²) in [6.07, 6.45) is 0.724. The molecule has 3 heterocycles. The van der Waals surface area contributed by atoms with Crippen LogP contribution >= 0.6 is 11.3 Å². The average Bonchev–Trinajstić information content (AvgIpc) is 3.18. The van der Waals surface area contributed by atoms with Gasteiger partial charge in [0.2, 0.25) is 10.1 Å². The zero-order chi connectivity index (χ0) is 16.7. The lowest BCUT2D eigenvalue weighted by atomic mass is 10.3. The fourth-order valence-electron chi connectivity index (χ4n) is 2.53. The number of para-hydroxylation sites is 2. The Hall–Kier alpha value is -2.74. The summed E-state index contributed by atoms with van der Waals surface area (Å²) >= 11 is 1.36. The van der Waals surface area contributed by atoms with E-state index in [1.807, 2.05) is 38.1 Å². The zero-order valence-electron chi connectivity index (χ0n) is 13.3. The molecule has 8 heteroatoms. The summed E-state index contributed by atoms with van der Waals surface area (Å²) in [5.74, 6) is 0.824. The van der Waals surface area contributed by atoms with Crippen LogP contribution in [-0.2, 0) is 6.42 Å². The minimum absolute atomic E-state index is 0.0701. The highest BCUT2D eigenvalue weighted by Crippen LogP contribution is 2.23. The molecule has 0 aliphatic rings. The molecule has 0 radical (unpaired) electrons. The maximum atomic E-state index is 12.1. The van der Waals surface area contributed by atoms with Gasteiger partial charge in [-0.3, -0.25) is 4.79 Å². The van der Waals surface area contributed by atoms with E-state index >= 15 is 0 Å². The van der Waals surface area contributed by atoms with Crippen LogP contribution in [0.3, 0.4) is 0 Å². The molecule has 0 saturated carbocycles. The van der Waals surface area contributed by atoms with E-state index in [9.17, 15) is 4.79 Å². The Morgan fingerprint density at radius 2 is 2.17 bits per heavy atom. The zero-order valence-corrected chi connectivity index (χ0v) is 14.1. The molecule has 0 fully saturated rings. The first-order valence-corrected chi connectivity index (χ1v) is 8.56. The van der Waals surface area contributed by atoms with E-state index in [1.54, 1.807) is 0 Å². The van der Waals surface area contributed by atoms with Crippen LogP contribution in [0.4, 0.5) is 5.13 Å². The summed E-state index contributed by atoms with van der Waals surface area (Å²) in [5, 5.41) is 8.24. The van der Waals surface area contributed by atoms with Crippen LogP contribution in [-0.4, -0.2) is 24.6 Å². The third-order valence-electron chi connectivity index (χ3n) is 3.82. The number of hydrogen-bond donors (Lipinski definition) is 2. The summed E-state index contributed by atoms with van der Waals surface area (Å²) in [4.78, 5) is 25.0. The number of aromatic amines is 1. The van der Waals surface area contributed by atoms with E-state index in [-0.39, 0.29) is 11.6 Å². The van der Waals surface area contributed by atoms with Crippen molar-refractivity contribution in [2.75, 3.05) is 5.32 Å². The van der Waals surface area contributed by atoms with Gasteiger partial charge in [-0.15, -0.1) is 5.10 Å². The van der Waals surface area contributed by atoms with Crippen LogP contribution in [0.5, 0.6) is 0 Å². The van der Waals surface area contributed by atoms with Crippen LogP contribution in [0.25, 0.3) is 16.0 Å². The summed E-state index contributed by atoms with van der Waals surface area (Å²) < 4.78 is 1.33. The van der Waals surface area contributed by atoms with Crippen LogP contribution in [0.1, 0.15) is 31.4 Å². The second kappa shape index (κ2) is 5.72. The van der Waals surface area contributed by atoms with Crippen molar-refractivity contribution < 1.29 is 0 Å². The molecule has 7 nitrogen and oxygen atoms in total. The van der Waals surface area contributed by atoms with E-state index in [0.717, 1.165) is 29.0 Å². The van der Waals surface area contributed by atoms with Gasteiger partial charge >= 0.3 is 0 Å². The lowest BCUT2D eigenvalue weighted by molar-refractivity contribution is 0.799. The molecule has 0 aliphatic carbocycles. The number of nitrogens with one attached hydrogen (secondary N) is 2. The Morgan fingerprint density at radius 3 is 2.96 bits per heavy atom. The van der Waals surface area contributed by atoms with Gasteiger partial charge in [-0.05, 0) is 25.5 Å². The SMILES string of the molecule is CCc1cc(=O)n2nc(NC(C)c3nc4ccccc4[nH]3)sc2n1. The van der Waals surface area contributed by atoms with Crippen LogP contribution < -0.4 is 10.9 Å². The number of fused-ring (bicyclic) bond motifs is 2. The topological polar surface area (TPSA) is 88.0 Å². The van der Waals surface area contributed by atoms with Crippen LogP contribution in [0.2, 0.25) is 0 Å². The molecule has 4 rings (SSSR count). The fourth-order valence-corrected chi connectivity index (χ4v) is 3.44. The second-order valence-corrected chi connectivity index (χ2v) is 6.50. The Bertz CT molecular complexity index is 1050. The van der Waals surface area contributed by atoms with Gasteiger partial charge in [-0.25, -0.2) is 9.97 Å². The largest absolute Gasteiger partial charge is 0.350 e. The van der Waals surface area contributed by atoms with Gasteiger partial charge in [0, 0.05) is 11.8 Å². The van der Waals surface area contributed by atoms with Crippen molar-refractivity contribution in [3.05, 3.63) is 52.2 Å². The molecular formula is C16H16N6OS. The average molecular weight is 340 g/mol. The number of aryl methyl sites for hydroxylation is 1. The van der Waals surface area contributed by atoms with Gasteiger partial charge in [-0.1, -0.05) is 30.4 Å². The van der Waals surface area contributed by atoms with Crippen molar-refractivity contribution >= 4 is 32.5 Å². The molecular weight excluding hydrogens is 324 g/mol. The highest BCUT2D eigenvalue weighted by molar-refractivity contribution is 7.20. The summed E-state index contributed by atoms with van der Waals surface area (Å²) in [5.41, 5.74) is 2.55. The van der Waals surface area contributed by atoms with Gasteiger partial charge in [0.15, 0.2) is 0 Å². The first kappa shape index (κ1) is 14.8. The number of imidazole rings is 1. The standard InChI is InChI=1S/C16H16N6OS/c1-3-10-8-13(23)22-16(18-10)24-15(21-22)17-9(2)14-19-11-6-4-5-7-12(11)20-14/h4-9H,3H2,1-2H3,(H,17,21)(H,19,20). The number of anilines is 1. The van der Waals surface area contributed by atoms with Crippen molar-refractivity contribution in [2.24, 2.45) is 0 Å². The summed E-state index contributed by atoms with van der Waals surface area (Å²) in [6, 6.07) is 9.35. The van der Waals surface area contributed by atoms with Crippen molar-refractivity contribution in [2.45, 2.75) is 26.3 Å². The molecule has 1 atom stereocenters. The van der Waals surface area contributed by atoms with Crippen LogP contribution in [0, 0.1) is 0 Å². The minimum atomic E-state index is -0.155. The molecule has 1 aromatic carbocycles. The maximum absolute atomic E-state index is 12.1. The maximum Gasteiger partial charge on any atom is 0.275 e. The minimum Gasteiger partial charge on any atom is -0.350 e. The smallest absolute Gasteiger partial charge is 0.275 e. The Balaban J connectivity index is 1.65. The molecule has 24 heavy (non-hydrogen) atoms. The van der Waals surface area contributed by atoms with Gasteiger partial charge in [0.1, 0.15) is 5.82 Å². The van der Waals surface area contributed by atoms with E-state index in [1.165, 1.54) is 21.9 Å². The first-order valence-electron chi connectivity index (χ1n) is 7.75. The van der Waals surface area contributed by atoms with Gasteiger partial charge < -0.3 is 10.3 Å². The number of hydrogen-bond acceptors (Lipinski definition) is 6. The number of aromatic nitrogens is 5. The quantitative estimate of drug-likeness (QED) is 0.596.